The summed E-state index contributed by atoms with van der Waals surface area (Å²) in [6, 6.07) is 6.77. The number of rotatable bonds is 4. The fraction of sp³-hybridized carbons (Fsp3) is 0.500. The van der Waals surface area contributed by atoms with Crippen molar-refractivity contribution in [1.29, 1.82) is 0 Å². The fourth-order valence-electron chi connectivity index (χ4n) is 3.51. The molecule has 0 spiro atoms. The van der Waals surface area contributed by atoms with Crippen molar-refractivity contribution < 1.29 is 4.74 Å². The van der Waals surface area contributed by atoms with E-state index in [4.69, 9.17) is 27.9 Å². The molecule has 2 bridgehead atoms. The van der Waals surface area contributed by atoms with Gasteiger partial charge in [0.25, 0.3) is 0 Å². The van der Waals surface area contributed by atoms with Gasteiger partial charge in [0.15, 0.2) is 0 Å². The molecule has 1 aromatic rings. The van der Waals surface area contributed by atoms with Crippen LogP contribution < -0.4 is 4.74 Å². The second-order valence-electron chi connectivity index (χ2n) is 5.66. The van der Waals surface area contributed by atoms with E-state index in [2.05, 4.69) is 11.5 Å². The quantitative estimate of drug-likeness (QED) is 0.756. The smallest absolute Gasteiger partial charge is 0.121 e. The zero-order valence-electron chi connectivity index (χ0n) is 11.4. The first-order valence-electron chi connectivity index (χ1n) is 7.15. The molecule has 3 atom stereocenters. The van der Waals surface area contributed by atoms with E-state index < -0.39 is 0 Å². The minimum Gasteiger partial charge on any atom is -0.490 e. The number of hydrogen-bond acceptors (Lipinski definition) is 2. The minimum atomic E-state index is 0.283. The SMILES string of the molecule is C=CCN1[C@@H]2CC[C@H]1CC(Oc1ccc(Cl)c(Cl)c1)C2. The minimum absolute atomic E-state index is 0.283. The van der Waals surface area contributed by atoms with Gasteiger partial charge in [-0.3, -0.25) is 4.90 Å². The van der Waals surface area contributed by atoms with Crippen molar-refractivity contribution in [2.24, 2.45) is 0 Å². The summed E-state index contributed by atoms with van der Waals surface area (Å²) in [5.74, 6) is 0.820. The van der Waals surface area contributed by atoms with Crippen molar-refractivity contribution in [1.82, 2.24) is 4.90 Å². The van der Waals surface area contributed by atoms with E-state index in [0.717, 1.165) is 25.1 Å². The van der Waals surface area contributed by atoms with Gasteiger partial charge in [-0.15, -0.1) is 6.58 Å². The van der Waals surface area contributed by atoms with Crippen LogP contribution in [0.4, 0.5) is 0 Å². The van der Waals surface area contributed by atoms with Gasteiger partial charge in [0.1, 0.15) is 11.9 Å². The van der Waals surface area contributed by atoms with Gasteiger partial charge in [-0.1, -0.05) is 29.3 Å². The predicted octanol–water partition coefficient (Wildman–Crippen LogP) is 4.55. The number of halogens is 2. The summed E-state index contributed by atoms with van der Waals surface area (Å²) in [6.45, 7) is 4.85. The Bertz CT molecular complexity index is 491. The van der Waals surface area contributed by atoms with Crippen LogP contribution in [0.5, 0.6) is 5.75 Å². The molecule has 108 valence electrons. The van der Waals surface area contributed by atoms with Crippen LogP contribution in [-0.2, 0) is 0 Å². The molecule has 3 rings (SSSR count). The van der Waals surface area contributed by atoms with Gasteiger partial charge in [0.05, 0.1) is 10.0 Å². The molecular weight excluding hydrogens is 293 g/mol. The molecule has 0 N–H and O–H groups in total. The van der Waals surface area contributed by atoms with Crippen LogP contribution >= 0.6 is 23.2 Å². The van der Waals surface area contributed by atoms with E-state index >= 15 is 0 Å². The largest absolute Gasteiger partial charge is 0.490 e. The third-order valence-corrected chi connectivity index (χ3v) is 5.11. The van der Waals surface area contributed by atoms with Crippen molar-refractivity contribution in [3.8, 4) is 5.75 Å². The van der Waals surface area contributed by atoms with Crippen LogP contribution in [0.3, 0.4) is 0 Å². The molecule has 0 saturated carbocycles. The molecule has 2 aliphatic rings. The topological polar surface area (TPSA) is 12.5 Å². The monoisotopic (exact) mass is 311 g/mol. The Hall–Kier alpha value is -0.700. The van der Waals surface area contributed by atoms with Crippen LogP contribution in [0, 0.1) is 0 Å². The number of piperidine rings is 1. The van der Waals surface area contributed by atoms with Crippen molar-refractivity contribution in [3.63, 3.8) is 0 Å². The van der Waals surface area contributed by atoms with Crippen LogP contribution in [0.15, 0.2) is 30.9 Å². The van der Waals surface area contributed by atoms with Gasteiger partial charge in [-0.2, -0.15) is 0 Å². The maximum atomic E-state index is 6.10. The summed E-state index contributed by atoms with van der Waals surface area (Å²) >= 11 is 12.0. The number of hydrogen-bond donors (Lipinski definition) is 0. The lowest BCUT2D eigenvalue weighted by Gasteiger charge is -2.38. The van der Waals surface area contributed by atoms with Crippen LogP contribution in [0.25, 0.3) is 0 Å². The number of nitrogens with zero attached hydrogens (tertiary/aromatic N) is 1. The highest BCUT2D eigenvalue weighted by molar-refractivity contribution is 6.42. The second-order valence-corrected chi connectivity index (χ2v) is 6.47. The average molecular weight is 312 g/mol. The standard InChI is InChI=1S/C16H19Cl2NO/c1-2-7-19-11-3-4-12(19)9-14(8-11)20-13-5-6-15(17)16(18)10-13/h2,5-6,10-12,14H,1,3-4,7-9H2/t11-,12+,14?. The van der Waals surface area contributed by atoms with Gasteiger partial charge >= 0.3 is 0 Å². The highest BCUT2D eigenvalue weighted by Gasteiger charge is 2.40. The van der Waals surface area contributed by atoms with Gasteiger partial charge in [0.2, 0.25) is 0 Å². The lowest BCUT2D eigenvalue weighted by atomic mass is 9.99. The Morgan fingerprint density at radius 3 is 2.50 bits per heavy atom. The lowest BCUT2D eigenvalue weighted by Crippen LogP contribution is -2.46. The van der Waals surface area contributed by atoms with Crippen molar-refractivity contribution >= 4 is 23.2 Å². The van der Waals surface area contributed by atoms with Crippen LogP contribution in [0.2, 0.25) is 10.0 Å². The molecule has 0 aromatic heterocycles. The van der Waals surface area contributed by atoms with Gasteiger partial charge in [0, 0.05) is 24.7 Å². The van der Waals surface area contributed by atoms with E-state index in [9.17, 15) is 0 Å². The summed E-state index contributed by atoms with van der Waals surface area (Å²) in [5, 5.41) is 1.12. The summed E-state index contributed by atoms with van der Waals surface area (Å²) < 4.78 is 6.10. The normalized spacial score (nSPS) is 29.4. The molecule has 0 radical (unpaired) electrons. The second kappa shape index (κ2) is 5.97. The van der Waals surface area contributed by atoms with Crippen molar-refractivity contribution in [2.45, 2.75) is 43.9 Å². The molecule has 2 fully saturated rings. The van der Waals surface area contributed by atoms with E-state index in [-0.39, 0.29) is 6.10 Å². The van der Waals surface area contributed by atoms with Gasteiger partial charge in [-0.25, -0.2) is 0 Å². The third-order valence-electron chi connectivity index (χ3n) is 4.37. The van der Waals surface area contributed by atoms with E-state index in [1.807, 2.05) is 18.2 Å². The molecule has 4 heteroatoms. The zero-order valence-corrected chi connectivity index (χ0v) is 12.9. The summed E-state index contributed by atoms with van der Waals surface area (Å²) in [7, 11) is 0. The molecule has 0 amide bonds. The Balaban J connectivity index is 1.65. The maximum absolute atomic E-state index is 6.10. The Morgan fingerprint density at radius 2 is 1.90 bits per heavy atom. The molecule has 1 unspecified atom stereocenters. The molecule has 2 aliphatic heterocycles. The number of ether oxygens (including phenoxy) is 1. The Morgan fingerprint density at radius 1 is 1.20 bits per heavy atom. The Kier molecular flexibility index (Phi) is 4.25. The Labute approximate surface area is 130 Å². The van der Waals surface area contributed by atoms with Gasteiger partial charge in [-0.05, 0) is 37.8 Å². The highest BCUT2D eigenvalue weighted by atomic mass is 35.5. The number of fused-ring (bicyclic) bond motifs is 2. The average Bonchev–Trinajstić information content (AvgIpc) is 2.67. The molecule has 0 aliphatic carbocycles. The van der Waals surface area contributed by atoms with Crippen LogP contribution in [-0.4, -0.2) is 29.6 Å². The summed E-state index contributed by atoms with van der Waals surface area (Å²) in [5.41, 5.74) is 0. The molecule has 1 aromatic carbocycles. The van der Waals surface area contributed by atoms with E-state index in [1.165, 1.54) is 12.8 Å². The molecule has 2 nitrogen and oxygen atoms in total. The first-order chi connectivity index (χ1) is 9.67. The predicted molar refractivity (Wildman–Crippen MR) is 83.8 cm³/mol. The first kappa shape index (κ1) is 14.2. The third kappa shape index (κ3) is 2.83. The summed E-state index contributed by atoms with van der Waals surface area (Å²) in [6.07, 6.45) is 7.02. The van der Waals surface area contributed by atoms with E-state index in [0.29, 0.717) is 22.1 Å². The summed E-state index contributed by atoms with van der Waals surface area (Å²) in [4.78, 5) is 2.57. The van der Waals surface area contributed by atoms with Crippen molar-refractivity contribution in [3.05, 3.63) is 40.9 Å². The maximum Gasteiger partial charge on any atom is 0.121 e. The van der Waals surface area contributed by atoms with Gasteiger partial charge < -0.3 is 4.74 Å². The molecule has 2 saturated heterocycles. The van der Waals surface area contributed by atoms with Crippen molar-refractivity contribution in [2.75, 3.05) is 6.54 Å². The first-order valence-corrected chi connectivity index (χ1v) is 7.91. The molecule has 2 heterocycles. The lowest BCUT2D eigenvalue weighted by molar-refractivity contribution is 0.0570. The fourth-order valence-corrected chi connectivity index (χ4v) is 3.80. The highest BCUT2D eigenvalue weighted by Crippen LogP contribution is 2.37. The molecular formula is C16H19Cl2NO. The van der Waals surface area contributed by atoms with E-state index in [1.54, 1.807) is 6.07 Å². The number of benzene rings is 1. The zero-order chi connectivity index (χ0) is 14.1. The molecule has 20 heavy (non-hydrogen) atoms. The van der Waals surface area contributed by atoms with Crippen LogP contribution in [0.1, 0.15) is 25.7 Å².